The van der Waals surface area contributed by atoms with Crippen molar-refractivity contribution in [3.05, 3.63) is 127 Å². The number of halogens is 2. The van der Waals surface area contributed by atoms with Gasteiger partial charge in [-0.2, -0.15) is 10.5 Å². The molecule has 1 atom stereocenters. The number of rotatable bonds is 6. The largest absolute Gasteiger partial charge is 0.496 e. The lowest BCUT2D eigenvalue weighted by Gasteiger charge is -2.15. The SMILES string of the molecule is COc1cc(C#N)ccc1C(O)c1cccc(Br)c1.COc1cc(C#N)ccc1Cc1cccc(Br)c1. The van der Waals surface area contributed by atoms with Gasteiger partial charge in [-0.15, -0.1) is 0 Å². The highest BCUT2D eigenvalue weighted by Gasteiger charge is 2.16. The molecular formula is C30H24Br2N2O3. The highest BCUT2D eigenvalue weighted by molar-refractivity contribution is 9.10. The minimum atomic E-state index is -0.791. The molecule has 0 fully saturated rings. The zero-order valence-electron chi connectivity index (χ0n) is 20.3. The van der Waals surface area contributed by atoms with E-state index in [1.165, 1.54) is 12.7 Å². The molecule has 0 aromatic heterocycles. The van der Waals surface area contributed by atoms with Crippen LogP contribution in [0.1, 0.15) is 39.5 Å². The van der Waals surface area contributed by atoms with E-state index in [0.29, 0.717) is 22.4 Å². The summed E-state index contributed by atoms with van der Waals surface area (Å²) in [5.41, 5.74) is 4.80. The molecule has 0 bridgehead atoms. The van der Waals surface area contributed by atoms with Crippen LogP contribution in [-0.4, -0.2) is 19.3 Å². The first-order valence-electron chi connectivity index (χ1n) is 11.2. The first-order chi connectivity index (χ1) is 17.9. The molecule has 0 radical (unpaired) electrons. The number of ether oxygens (including phenoxy) is 2. The third-order valence-corrected chi connectivity index (χ3v) is 6.51. The third-order valence-electron chi connectivity index (χ3n) is 5.52. The van der Waals surface area contributed by atoms with Crippen molar-refractivity contribution in [2.24, 2.45) is 0 Å². The molecule has 1 unspecified atom stereocenters. The van der Waals surface area contributed by atoms with Gasteiger partial charge in [-0.25, -0.2) is 0 Å². The van der Waals surface area contributed by atoms with Crippen LogP contribution in [0.4, 0.5) is 0 Å². The molecule has 4 rings (SSSR count). The molecule has 1 N–H and O–H groups in total. The lowest BCUT2D eigenvalue weighted by Crippen LogP contribution is -2.02. The fraction of sp³-hybridized carbons (Fsp3) is 0.133. The molecule has 0 aliphatic rings. The van der Waals surface area contributed by atoms with Crippen molar-refractivity contribution >= 4 is 31.9 Å². The predicted octanol–water partition coefficient (Wildman–Crippen LogP) is 7.33. The van der Waals surface area contributed by atoms with E-state index in [9.17, 15) is 5.11 Å². The molecule has 5 nitrogen and oxygen atoms in total. The van der Waals surface area contributed by atoms with Crippen molar-refractivity contribution in [3.8, 4) is 23.6 Å². The molecule has 4 aromatic rings. The Morgan fingerprint density at radius 1 is 0.757 bits per heavy atom. The predicted molar refractivity (Wildman–Crippen MR) is 151 cm³/mol. The maximum Gasteiger partial charge on any atom is 0.126 e. The summed E-state index contributed by atoms with van der Waals surface area (Å²) < 4.78 is 12.5. The van der Waals surface area contributed by atoms with Gasteiger partial charge in [-0.1, -0.05) is 68.3 Å². The van der Waals surface area contributed by atoms with Crippen LogP contribution in [0, 0.1) is 22.7 Å². The second kappa shape index (κ2) is 13.6. The summed E-state index contributed by atoms with van der Waals surface area (Å²) >= 11 is 6.84. The molecule has 0 saturated carbocycles. The van der Waals surface area contributed by atoms with Gasteiger partial charge in [-0.05, 0) is 65.2 Å². The van der Waals surface area contributed by atoms with Crippen molar-refractivity contribution in [3.63, 3.8) is 0 Å². The van der Waals surface area contributed by atoms with Gasteiger partial charge in [0, 0.05) is 20.9 Å². The summed E-state index contributed by atoms with van der Waals surface area (Å²) in [5.74, 6) is 1.26. The Bertz CT molecular complexity index is 1460. The molecular weight excluding hydrogens is 596 g/mol. The van der Waals surface area contributed by atoms with Crippen LogP contribution in [-0.2, 0) is 6.42 Å². The Labute approximate surface area is 233 Å². The highest BCUT2D eigenvalue weighted by atomic mass is 79.9. The number of nitriles is 2. The second-order valence-corrected chi connectivity index (χ2v) is 9.80. The summed E-state index contributed by atoms with van der Waals surface area (Å²) in [6.07, 6.45) is -0.00545. The average Bonchev–Trinajstić information content (AvgIpc) is 2.92. The molecule has 37 heavy (non-hydrogen) atoms. The molecule has 0 spiro atoms. The second-order valence-electron chi connectivity index (χ2n) is 7.97. The summed E-state index contributed by atoms with van der Waals surface area (Å²) in [7, 11) is 3.15. The number of benzene rings is 4. The van der Waals surface area contributed by atoms with Crippen molar-refractivity contribution in [1.29, 1.82) is 10.5 Å². The van der Waals surface area contributed by atoms with Crippen molar-refractivity contribution in [2.75, 3.05) is 14.2 Å². The van der Waals surface area contributed by atoms with Gasteiger partial charge >= 0.3 is 0 Å². The van der Waals surface area contributed by atoms with Crippen LogP contribution in [0.25, 0.3) is 0 Å². The summed E-state index contributed by atoms with van der Waals surface area (Å²) in [6, 6.07) is 30.3. The Morgan fingerprint density at radius 2 is 1.35 bits per heavy atom. The van der Waals surface area contributed by atoms with E-state index in [2.05, 4.69) is 50.1 Å². The van der Waals surface area contributed by atoms with E-state index in [1.807, 2.05) is 54.6 Å². The molecule has 0 heterocycles. The van der Waals surface area contributed by atoms with Gasteiger partial charge in [0.15, 0.2) is 0 Å². The standard InChI is InChI=1S/C15H12BrNO2.C15H12BrNO/c1-19-14-7-10(9-17)5-6-13(14)15(18)11-3-2-4-12(16)8-11;1-18-15-9-12(10-17)5-6-13(15)7-11-3-2-4-14(16)8-11/h2-8,15,18H,1H3;2-6,8-9H,7H2,1H3. The molecule has 0 aliphatic carbocycles. The van der Waals surface area contributed by atoms with E-state index in [-0.39, 0.29) is 0 Å². The zero-order valence-corrected chi connectivity index (χ0v) is 23.5. The molecule has 0 amide bonds. The van der Waals surface area contributed by atoms with E-state index in [1.54, 1.807) is 31.4 Å². The monoisotopic (exact) mass is 618 g/mol. The quantitative estimate of drug-likeness (QED) is 0.244. The highest BCUT2D eigenvalue weighted by Crippen LogP contribution is 2.31. The number of aliphatic hydroxyl groups is 1. The maximum atomic E-state index is 10.4. The smallest absolute Gasteiger partial charge is 0.126 e. The van der Waals surface area contributed by atoms with Crippen LogP contribution in [0.2, 0.25) is 0 Å². The molecule has 7 heteroatoms. The van der Waals surface area contributed by atoms with Crippen molar-refractivity contribution < 1.29 is 14.6 Å². The van der Waals surface area contributed by atoms with E-state index >= 15 is 0 Å². The van der Waals surface area contributed by atoms with Gasteiger partial charge in [0.2, 0.25) is 0 Å². The maximum absolute atomic E-state index is 10.4. The molecule has 0 aliphatic heterocycles. The minimum absolute atomic E-state index is 0.502. The topological polar surface area (TPSA) is 86.3 Å². The van der Waals surface area contributed by atoms with E-state index in [0.717, 1.165) is 32.2 Å². The summed E-state index contributed by atoms with van der Waals surface area (Å²) in [6.45, 7) is 0. The van der Waals surface area contributed by atoms with Gasteiger partial charge in [0.05, 0.1) is 37.5 Å². The Hall–Kier alpha value is -3.62. The molecule has 4 aromatic carbocycles. The third kappa shape index (κ3) is 7.68. The Kier molecular flexibility index (Phi) is 10.3. The van der Waals surface area contributed by atoms with Crippen LogP contribution >= 0.6 is 31.9 Å². The number of methoxy groups -OCH3 is 2. The van der Waals surface area contributed by atoms with Crippen LogP contribution in [0.5, 0.6) is 11.5 Å². The first kappa shape index (κ1) is 28.0. The van der Waals surface area contributed by atoms with Gasteiger partial charge in [-0.3, -0.25) is 0 Å². The summed E-state index contributed by atoms with van der Waals surface area (Å²) in [5, 5.41) is 28.1. The zero-order chi connectivity index (χ0) is 26.8. The fourth-order valence-electron chi connectivity index (χ4n) is 3.69. The van der Waals surface area contributed by atoms with E-state index < -0.39 is 6.10 Å². The van der Waals surface area contributed by atoms with Gasteiger partial charge in [0.25, 0.3) is 0 Å². The van der Waals surface area contributed by atoms with Gasteiger partial charge in [0.1, 0.15) is 17.6 Å². The molecule has 186 valence electrons. The Morgan fingerprint density at radius 3 is 1.95 bits per heavy atom. The van der Waals surface area contributed by atoms with Crippen LogP contribution in [0.15, 0.2) is 93.9 Å². The van der Waals surface area contributed by atoms with E-state index in [4.69, 9.17) is 20.0 Å². The van der Waals surface area contributed by atoms with Crippen LogP contribution < -0.4 is 9.47 Å². The number of aliphatic hydroxyl groups excluding tert-OH is 1. The fourth-order valence-corrected chi connectivity index (χ4v) is 4.55. The number of hydrogen-bond donors (Lipinski definition) is 1. The lowest BCUT2D eigenvalue weighted by molar-refractivity contribution is 0.214. The minimum Gasteiger partial charge on any atom is -0.496 e. The first-order valence-corrected chi connectivity index (χ1v) is 12.8. The number of hydrogen-bond acceptors (Lipinski definition) is 5. The Balaban J connectivity index is 0.000000206. The average molecular weight is 620 g/mol. The number of nitrogens with zero attached hydrogens (tertiary/aromatic N) is 2. The van der Waals surface area contributed by atoms with Gasteiger partial charge < -0.3 is 14.6 Å². The van der Waals surface area contributed by atoms with Crippen molar-refractivity contribution in [2.45, 2.75) is 12.5 Å². The summed E-state index contributed by atoms with van der Waals surface area (Å²) in [4.78, 5) is 0. The molecule has 0 saturated heterocycles. The van der Waals surface area contributed by atoms with Crippen molar-refractivity contribution in [1.82, 2.24) is 0 Å². The van der Waals surface area contributed by atoms with Crippen LogP contribution in [0.3, 0.4) is 0 Å². The lowest BCUT2D eigenvalue weighted by atomic mass is 9.99. The normalized spacial score (nSPS) is 10.8.